The summed E-state index contributed by atoms with van der Waals surface area (Å²) in [7, 11) is 0. The maximum atomic E-state index is 13.8. The van der Waals surface area contributed by atoms with Gasteiger partial charge in [0.05, 0.1) is 11.3 Å². The summed E-state index contributed by atoms with van der Waals surface area (Å²) in [6.07, 6.45) is -3.30. The van der Waals surface area contributed by atoms with E-state index in [1.807, 2.05) is 6.92 Å². The maximum absolute atomic E-state index is 13.8. The van der Waals surface area contributed by atoms with Crippen LogP contribution in [0.3, 0.4) is 0 Å². The van der Waals surface area contributed by atoms with Gasteiger partial charge in [-0.2, -0.15) is 18.3 Å². The Hall–Kier alpha value is -2.05. The number of rotatable bonds is 3. The lowest BCUT2D eigenvalue weighted by Gasteiger charge is -2.10. The van der Waals surface area contributed by atoms with Crippen LogP contribution in [-0.2, 0) is 12.6 Å². The first kappa shape index (κ1) is 14.4. The Morgan fingerprint density at radius 1 is 1.30 bits per heavy atom. The van der Waals surface area contributed by atoms with Crippen molar-refractivity contribution >= 4 is 5.82 Å². The molecule has 1 aromatic heterocycles. The van der Waals surface area contributed by atoms with Crippen LogP contribution in [0.15, 0.2) is 18.2 Å². The Morgan fingerprint density at radius 3 is 2.60 bits per heavy atom. The van der Waals surface area contributed by atoms with Crippen LogP contribution in [-0.4, -0.2) is 10.2 Å². The molecule has 0 saturated heterocycles. The molecular formula is C13H13F4N3. The van der Waals surface area contributed by atoms with Gasteiger partial charge in [0.1, 0.15) is 11.6 Å². The van der Waals surface area contributed by atoms with Crippen molar-refractivity contribution in [2.24, 2.45) is 0 Å². The van der Waals surface area contributed by atoms with Gasteiger partial charge in [-0.1, -0.05) is 13.3 Å². The molecule has 0 aliphatic carbocycles. The van der Waals surface area contributed by atoms with Gasteiger partial charge in [0.15, 0.2) is 0 Å². The molecular weight excluding hydrogens is 274 g/mol. The number of alkyl halides is 3. The molecule has 0 bridgehead atoms. The molecule has 2 rings (SSSR count). The molecule has 3 nitrogen and oxygen atoms in total. The Labute approximate surface area is 112 Å². The Kier molecular flexibility index (Phi) is 3.69. The van der Waals surface area contributed by atoms with Crippen molar-refractivity contribution in [3.05, 3.63) is 35.1 Å². The molecule has 0 atom stereocenters. The van der Waals surface area contributed by atoms with Crippen LogP contribution in [0.4, 0.5) is 23.4 Å². The summed E-state index contributed by atoms with van der Waals surface area (Å²) in [4.78, 5) is 0. The predicted octanol–water partition coefficient (Wildman–Crippen LogP) is 3.77. The zero-order chi connectivity index (χ0) is 14.9. The summed E-state index contributed by atoms with van der Waals surface area (Å²) in [5.74, 6) is -0.572. The number of hydrogen-bond donors (Lipinski definition) is 2. The fraction of sp³-hybridized carbons (Fsp3) is 0.308. The second kappa shape index (κ2) is 5.15. The number of aromatic nitrogens is 2. The summed E-state index contributed by atoms with van der Waals surface area (Å²) >= 11 is 0. The van der Waals surface area contributed by atoms with Crippen molar-refractivity contribution in [3.8, 4) is 11.3 Å². The largest absolute Gasteiger partial charge is 0.416 e. The average molecular weight is 287 g/mol. The van der Waals surface area contributed by atoms with Crippen LogP contribution >= 0.6 is 0 Å². The minimum Gasteiger partial charge on any atom is -0.382 e. The fourth-order valence-corrected chi connectivity index (χ4v) is 2.00. The summed E-state index contributed by atoms with van der Waals surface area (Å²) in [5.41, 5.74) is 5.30. The van der Waals surface area contributed by atoms with E-state index in [9.17, 15) is 17.6 Å². The van der Waals surface area contributed by atoms with Gasteiger partial charge in [0, 0.05) is 11.1 Å². The normalized spacial score (nSPS) is 11.8. The van der Waals surface area contributed by atoms with Crippen molar-refractivity contribution in [2.75, 3.05) is 5.73 Å². The van der Waals surface area contributed by atoms with E-state index in [4.69, 9.17) is 5.73 Å². The van der Waals surface area contributed by atoms with E-state index >= 15 is 0 Å². The number of nitrogens with two attached hydrogens (primary N) is 1. The first-order chi connectivity index (χ1) is 9.34. The molecule has 7 heteroatoms. The third-order valence-electron chi connectivity index (χ3n) is 2.96. The lowest BCUT2D eigenvalue weighted by molar-refractivity contribution is -0.137. The first-order valence-corrected chi connectivity index (χ1v) is 6.04. The van der Waals surface area contributed by atoms with Crippen LogP contribution in [0.25, 0.3) is 11.3 Å². The first-order valence-electron chi connectivity index (χ1n) is 6.04. The van der Waals surface area contributed by atoms with Crippen molar-refractivity contribution < 1.29 is 17.6 Å². The molecule has 1 heterocycles. The highest BCUT2D eigenvalue weighted by molar-refractivity contribution is 5.69. The van der Waals surface area contributed by atoms with Crippen LogP contribution in [0.5, 0.6) is 0 Å². The summed E-state index contributed by atoms with van der Waals surface area (Å²) < 4.78 is 51.9. The molecule has 108 valence electrons. The molecule has 0 fully saturated rings. The number of H-pyrrole nitrogens is 1. The van der Waals surface area contributed by atoms with Crippen molar-refractivity contribution in [1.29, 1.82) is 0 Å². The molecule has 0 spiro atoms. The van der Waals surface area contributed by atoms with E-state index < -0.39 is 17.6 Å². The van der Waals surface area contributed by atoms with Gasteiger partial charge < -0.3 is 5.73 Å². The molecule has 1 aromatic carbocycles. The SMILES string of the molecule is CCCc1c(N)n[nH]c1-c1cc(C(F)(F)F)ccc1F. The Bertz CT molecular complexity index is 617. The standard InChI is InChI=1S/C13H13F4N3/c1-2-3-8-11(19-20-12(8)18)9-6-7(13(15,16)17)4-5-10(9)14/h4-6H,2-3H2,1H3,(H3,18,19,20). The molecule has 20 heavy (non-hydrogen) atoms. The van der Waals surface area contributed by atoms with Gasteiger partial charge >= 0.3 is 6.18 Å². The Balaban J connectivity index is 2.58. The van der Waals surface area contributed by atoms with Crippen LogP contribution < -0.4 is 5.73 Å². The molecule has 0 radical (unpaired) electrons. The minimum absolute atomic E-state index is 0.174. The number of halogens is 4. The van der Waals surface area contributed by atoms with E-state index in [0.717, 1.165) is 18.6 Å². The van der Waals surface area contributed by atoms with Gasteiger partial charge in [0.2, 0.25) is 0 Å². The van der Waals surface area contributed by atoms with Crippen LogP contribution in [0.1, 0.15) is 24.5 Å². The number of anilines is 1. The smallest absolute Gasteiger partial charge is 0.382 e. The van der Waals surface area contributed by atoms with Gasteiger partial charge in [-0.25, -0.2) is 4.39 Å². The molecule has 0 aliphatic heterocycles. The fourth-order valence-electron chi connectivity index (χ4n) is 2.00. The quantitative estimate of drug-likeness (QED) is 0.844. The zero-order valence-corrected chi connectivity index (χ0v) is 10.7. The second-order valence-corrected chi connectivity index (χ2v) is 4.40. The van der Waals surface area contributed by atoms with Gasteiger partial charge in [-0.3, -0.25) is 5.10 Å². The van der Waals surface area contributed by atoms with Gasteiger partial charge in [0.25, 0.3) is 0 Å². The van der Waals surface area contributed by atoms with E-state index in [-0.39, 0.29) is 17.1 Å². The summed E-state index contributed by atoms with van der Waals surface area (Å²) in [6.45, 7) is 1.89. The van der Waals surface area contributed by atoms with E-state index in [1.165, 1.54) is 0 Å². The van der Waals surface area contributed by atoms with E-state index in [1.54, 1.807) is 0 Å². The lowest BCUT2D eigenvalue weighted by Crippen LogP contribution is -2.05. The molecule has 3 N–H and O–H groups in total. The molecule has 0 saturated carbocycles. The number of benzene rings is 1. The topological polar surface area (TPSA) is 54.7 Å². The molecule has 0 unspecified atom stereocenters. The highest BCUT2D eigenvalue weighted by atomic mass is 19.4. The van der Waals surface area contributed by atoms with Crippen molar-refractivity contribution in [1.82, 2.24) is 10.2 Å². The molecule has 0 amide bonds. The highest BCUT2D eigenvalue weighted by Gasteiger charge is 2.31. The van der Waals surface area contributed by atoms with E-state index in [2.05, 4.69) is 10.2 Å². The zero-order valence-electron chi connectivity index (χ0n) is 10.7. The number of aromatic amines is 1. The van der Waals surface area contributed by atoms with Crippen LogP contribution in [0.2, 0.25) is 0 Å². The van der Waals surface area contributed by atoms with E-state index in [0.29, 0.717) is 18.1 Å². The van der Waals surface area contributed by atoms with Gasteiger partial charge in [-0.05, 0) is 24.6 Å². The average Bonchev–Trinajstić information content (AvgIpc) is 2.71. The predicted molar refractivity (Wildman–Crippen MR) is 67.4 cm³/mol. The number of nitrogens with zero attached hydrogens (tertiary/aromatic N) is 1. The van der Waals surface area contributed by atoms with Crippen LogP contribution in [0, 0.1) is 5.82 Å². The summed E-state index contributed by atoms with van der Waals surface area (Å²) in [5, 5.41) is 6.26. The third-order valence-corrected chi connectivity index (χ3v) is 2.96. The third kappa shape index (κ3) is 2.61. The van der Waals surface area contributed by atoms with Crippen molar-refractivity contribution in [3.63, 3.8) is 0 Å². The molecule has 0 aliphatic rings. The number of nitrogens with one attached hydrogen (secondary N) is 1. The monoisotopic (exact) mass is 287 g/mol. The summed E-state index contributed by atoms with van der Waals surface area (Å²) in [6, 6.07) is 2.27. The van der Waals surface area contributed by atoms with Crippen molar-refractivity contribution in [2.45, 2.75) is 25.9 Å². The minimum atomic E-state index is -4.53. The second-order valence-electron chi connectivity index (χ2n) is 4.40. The Morgan fingerprint density at radius 2 is 2.00 bits per heavy atom. The van der Waals surface area contributed by atoms with Gasteiger partial charge in [-0.15, -0.1) is 0 Å². The number of hydrogen-bond acceptors (Lipinski definition) is 2. The maximum Gasteiger partial charge on any atom is 0.416 e. The highest BCUT2D eigenvalue weighted by Crippen LogP contribution is 2.35. The lowest BCUT2D eigenvalue weighted by atomic mass is 10.0. The number of nitrogen functional groups attached to an aromatic ring is 1. The molecule has 2 aromatic rings.